The fourth-order valence-electron chi connectivity index (χ4n) is 7.39. The van der Waals surface area contributed by atoms with E-state index in [1.807, 2.05) is 13.8 Å². The van der Waals surface area contributed by atoms with Crippen LogP contribution in [0.3, 0.4) is 0 Å². The number of carbonyl (C=O) groups excluding carboxylic acids is 2. The van der Waals surface area contributed by atoms with E-state index in [-0.39, 0.29) is 12.5 Å². The van der Waals surface area contributed by atoms with Gasteiger partial charge in [0.25, 0.3) is 0 Å². The number of aliphatic hydroxyl groups is 3. The molecule has 6 N–H and O–H groups in total. The van der Waals surface area contributed by atoms with E-state index in [1.165, 1.54) is 127 Å². The first-order valence-electron chi connectivity index (χ1n) is 22.3. The largest absolute Gasteiger partial charge is 0.449 e. The van der Waals surface area contributed by atoms with Crippen molar-refractivity contribution in [2.75, 3.05) is 19.8 Å². The van der Waals surface area contributed by atoms with Gasteiger partial charge in [-0.2, -0.15) is 0 Å². The van der Waals surface area contributed by atoms with Crippen molar-refractivity contribution in [3.8, 4) is 0 Å². The number of nitrogens with zero attached hydrogens (tertiary/aromatic N) is 1. The summed E-state index contributed by atoms with van der Waals surface area (Å²) in [6.45, 7) is 8.44. The number of amides is 2. The standard InChI is InChI=1S/C43H85N3O7/c1-5-7-9-11-13-15-17-18-19-20-21-22-23-25-27-29-31-46(43(51)52-32-30-28-26-24-16-14-12-10-8-6-2)42-38(40(49)39(48)37(34-47)53-42)45-41(50)36(44)33-35(3)4/h35-40,42,47-49H,5-34,44H2,1-4H3,(H,45,50)/t36-,37+,38+,39+,40+,42+/m0/s1. The quantitative estimate of drug-likeness (QED) is 0.0408. The summed E-state index contributed by atoms with van der Waals surface area (Å²) < 4.78 is 11.8. The zero-order valence-electron chi connectivity index (χ0n) is 34.8. The molecule has 314 valence electrons. The third kappa shape index (κ3) is 23.3. The van der Waals surface area contributed by atoms with Crippen LogP contribution in [0.5, 0.6) is 0 Å². The summed E-state index contributed by atoms with van der Waals surface area (Å²) in [6.07, 6.45) is 26.2. The predicted octanol–water partition coefficient (Wildman–Crippen LogP) is 8.90. The minimum Gasteiger partial charge on any atom is -0.449 e. The lowest BCUT2D eigenvalue weighted by molar-refractivity contribution is -0.226. The van der Waals surface area contributed by atoms with Gasteiger partial charge in [0.15, 0.2) is 6.23 Å². The van der Waals surface area contributed by atoms with Gasteiger partial charge in [-0.05, 0) is 25.2 Å². The number of ether oxygens (including phenoxy) is 2. The number of nitrogens with one attached hydrogen (secondary N) is 1. The normalized spacial score (nSPS) is 20.8. The predicted molar refractivity (Wildman–Crippen MR) is 217 cm³/mol. The topological polar surface area (TPSA) is 155 Å². The first-order chi connectivity index (χ1) is 25.7. The van der Waals surface area contributed by atoms with Crippen LogP contribution in [0.15, 0.2) is 0 Å². The van der Waals surface area contributed by atoms with Gasteiger partial charge in [-0.1, -0.05) is 182 Å². The lowest BCUT2D eigenvalue weighted by atomic mass is 9.94. The van der Waals surface area contributed by atoms with E-state index in [9.17, 15) is 24.9 Å². The maximum Gasteiger partial charge on any atom is 0.411 e. The Morgan fingerprint density at radius 1 is 0.679 bits per heavy atom. The number of carbonyl (C=O) groups is 2. The minimum absolute atomic E-state index is 0.176. The van der Waals surface area contributed by atoms with Gasteiger partial charge in [0.1, 0.15) is 24.4 Å². The van der Waals surface area contributed by atoms with Crippen molar-refractivity contribution >= 4 is 12.0 Å². The Morgan fingerprint density at radius 2 is 1.09 bits per heavy atom. The highest BCUT2D eigenvalue weighted by atomic mass is 16.6. The van der Waals surface area contributed by atoms with Crippen LogP contribution in [0, 0.1) is 5.92 Å². The molecule has 1 aliphatic heterocycles. The maximum atomic E-state index is 13.7. The maximum absolute atomic E-state index is 13.7. The average molecular weight is 756 g/mol. The molecule has 2 amide bonds. The molecular weight excluding hydrogens is 670 g/mol. The molecule has 53 heavy (non-hydrogen) atoms. The van der Waals surface area contributed by atoms with E-state index in [1.54, 1.807) is 0 Å². The number of nitrogens with two attached hydrogens (primary N) is 1. The molecule has 0 aromatic carbocycles. The molecule has 0 aliphatic carbocycles. The molecule has 1 fully saturated rings. The summed E-state index contributed by atoms with van der Waals surface area (Å²) in [6, 6.07) is -1.97. The third-order valence-electron chi connectivity index (χ3n) is 10.8. The highest BCUT2D eigenvalue weighted by molar-refractivity contribution is 5.82. The van der Waals surface area contributed by atoms with Crippen LogP contribution in [0.4, 0.5) is 4.79 Å². The molecule has 1 rings (SSSR count). The van der Waals surface area contributed by atoms with Crippen molar-refractivity contribution in [1.29, 1.82) is 0 Å². The Balaban J connectivity index is 2.70. The molecule has 0 bridgehead atoms. The first kappa shape index (κ1) is 49.6. The molecule has 6 atom stereocenters. The van der Waals surface area contributed by atoms with Gasteiger partial charge in [-0.3, -0.25) is 9.69 Å². The summed E-state index contributed by atoms with van der Waals surface area (Å²) in [7, 11) is 0. The Kier molecular flexibility index (Phi) is 30.6. The number of hydrogen-bond acceptors (Lipinski definition) is 8. The second kappa shape index (κ2) is 32.8. The smallest absolute Gasteiger partial charge is 0.411 e. The number of unbranched alkanes of at least 4 members (excludes halogenated alkanes) is 24. The Morgan fingerprint density at radius 3 is 1.51 bits per heavy atom. The summed E-state index contributed by atoms with van der Waals surface area (Å²) >= 11 is 0. The van der Waals surface area contributed by atoms with E-state index in [0.717, 1.165) is 38.5 Å². The van der Waals surface area contributed by atoms with E-state index >= 15 is 0 Å². The second-order valence-electron chi connectivity index (χ2n) is 16.3. The fourth-order valence-corrected chi connectivity index (χ4v) is 7.39. The molecule has 1 saturated heterocycles. The zero-order valence-corrected chi connectivity index (χ0v) is 34.8. The highest BCUT2D eigenvalue weighted by Gasteiger charge is 2.48. The van der Waals surface area contributed by atoms with Crippen LogP contribution >= 0.6 is 0 Å². The summed E-state index contributed by atoms with van der Waals surface area (Å²) in [5, 5.41) is 34.6. The van der Waals surface area contributed by atoms with Crippen molar-refractivity contribution in [3.63, 3.8) is 0 Å². The lowest BCUT2D eigenvalue weighted by Crippen LogP contribution is -2.69. The molecule has 0 radical (unpaired) electrons. The van der Waals surface area contributed by atoms with Crippen molar-refractivity contribution in [3.05, 3.63) is 0 Å². The molecule has 0 spiro atoms. The van der Waals surface area contributed by atoms with Gasteiger partial charge >= 0.3 is 6.09 Å². The molecule has 10 heteroatoms. The van der Waals surface area contributed by atoms with Crippen LogP contribution in [0.1, 0.15) is 201 Å². The Bertz CT molecular complexity index is 879. The molecule has 1 aliphatic rings. The van der Waals surface area contributed by atoms with Gasteiger partial charge in [-0.15, -0.1) is 0 Å². The van der Waals surface area contributed by atoms with Gasteiger partial charge < -0.3 is 35.8 Å². The van der Waals surface area contributed by atoms with E-state index in [4.69, 9.17) is 15.2 Å². The lowest BCUT2D eigenvalue weighted by Gasteiger charge is -2.46. The molecule has 0 unspecified atom stereocenters. The van der Waals surface area contributed by atoms with Crippen LogP contribution in [0.25, 0.3) is 0 Å². The van der Waals surface area contributed by atoms with Crippen LogP contribution in [0.2, 0.25) is 0 Å². The van der Waals surface area contributed by atoms with Gasteiger partial charge in [0.2, 0.25) is 5.91 Å². The van der Waals surface area contributed by atoms with Crippen molar-refractivity contribution in [1.82, 2.24) is 10.2 Å². The average Bonchev–Trinajstić information content (AvgIpc) is 3.13. The monoisotopic (exact) mass is 756 g/mol. The summed E-state index contributed by atoms with van der Waals surface area (Å²) in [5.74, 6) is -0.317. The van der Waals surface area contributed by atoms with E-state index < -0.39 is 55.2 Å². The van der Waals surface area contributed by atoms with Crippen molar-refractivity contribution < 1.29 is 34.4 Å². The van der Waals surface area contributed by atoms with Crippen LogP contribution in [-0.4, -0.2) is 88.6 Å². The summed E-state index contributed by atoms with van der Waals surface area (Å²) in [5.41, 5.74) is 6.16. The Hall–Kier alpha value is -1.46. The number of rotatable bonds is 34. The Labute approximate surface area is 325 Å². The molecule has 0 aromatic rings. The van der Waals surface area contributed by atoms with Crippen molar-refractivity contribution in [2.24, 2.45) is 11.7 Å². The first-order valence-corrected chi connectivity index (χ1v) is 22.3. The van der Waals surface area contributed by atoms with Crippen molar-refractivity contribution in [2.45, 2.75) is 238 Å². The van der Waals surface area contributed by atoms with E-state index in [0.29, 0.717) is 19.4 Å². The molecule has 0 aromatic heterocycles. The number of hydrogen-bond donors (Lipinski definition) is 5. The molecule has 10 nitrogen and oxygen atoms in total. The SMILES string of the molecule is CCCCCCCCCCCCCCCCCCN(C(=O)OCCCCCCCCCCCC)[C@@H]1O[C@H](CO)[C@@H](O)[C@H](O)[C@H]1NC(=O)[C@@H](N)CC(C)C. The van der Waals surface area contributed by atoms with Gasteiger partial charge in [0.05, 0.1) is 19.3 Å². The third-order valence-corrected chi connectivity index (χ3v) is 10.8. The zero-order chi connectivity index (χ0) is 39.1. The molecule has 1 heterocycles. The van der Waals surface area contributed by atoms with Crippen LogP contribution < -0.4 is 11.1 Å². The van der Waals surface area contributed by atoms with Gasteiger partial charge in [0, 0.05) is 6.54 Å². The summed E-state index contributed by atoms with van der Waals surface area (Å²) in [4.78, 5) is 28.2. The second-order valence-corrected chi connectivity index (χ2v) is 16.3. The molecule has 0 saturated carbocycles. The molecular formula is C43H85N3O7. The van der Waals surface area contributed by atoms with Crippen LogP contribution in [-0.2, 0) is 14.3 Å². The van der Waals surface area contributed by atoms with Gasteiger partial charge in [-0.25, -0.2) is 4.79 Å². The minimum atomic E-state index is -1.48. The highest BCUT2D eigenvalue weighted by Crippen LogP contribution is 2.26. The fraction of sp³-hybridized carbons (Fsp3) is 0.953. The van der Waals surface area contributed by atoms with E-state index in [2.05, 4.69) is 19.2 Å². The number of aliphatic hydroxyl groups excluding tert-OH is 3.